The second kappa shape index (κ2) is 4.43. The molecule has 3 nitrogen and oxygen atoms in total. The van der Waals surface area contributed by atoms with E-state index in [4.69, 9.17) is 0 Å². The fourth-order valence-electron chi connectivity index (χ4n) is 2.17. The van der Waals surface area contributed by atoms with Gasteiger partial charge >= 0.3 is 6.18 Å². The predicted molar refractivity (Wildman–Crippen MR) is 74.1 cm³/mol. The van der Waals surface area contributed by atoms with Crippen molar-refractivity contribution >= 4 is 43.0 Å². The Balaban J connectivity index is 2.50. The molecule has 0 radical (unpaired) electrons. The van der Waals surface area contributed by atoms with E-state index in [0.717, 1.165) is 6.07 Å². The molecule has 0 aliphatic heterocycles. The molecule has 1 aromatic heterocycles. The van der Waals surface area contributed by atoms with Gasteiger partial charge in [0, 0.05) is 5.39 Å². The van der Waals surface area contributed by atoms with Crippen molar-refractivity contribution in [3.05, 3.63) is 40.6 Å². The Bertz CT molecular complexity index is 956. The molecular weight excluding hydrogens is 325 g/mol. The van der Waals surface area contributed by atoms with Crippen LogP contribution in [-0.4, -0.2) is 13.0 Å². The van der Waals surface area contributed by atoms with E-state index in [-0.39, 0.29) is 10.8 Å². The summed E-state index contributed by atoms with van der Waals surface area (Å²) in [7, 11) is -4.76. The number of fused-ring (bicyclic) bond motifs is 2. The van der Waals surface area contributed by atoms with Crippen LogP contribution in [0.5, 0.6) is 0 Å². The van der Waals surface area contributed by atoms with Gasteiger partial charge in [-0.25, -0.2) is 0 Å². The third-order valence-electron chi connectivity index (χ3n) is 3.11. The van der Waals surface area contributed by atoms with Crippen LogP contribution in [0.4, 0.5) is 13.2 Å². The van der Waals surface area contributed by atoms with Crippen LogP contribution in [0.15, 0.2) is 39.9 Å². The molecule has 2 aromatic carbocycles. The average molecular weight is 332 g/mol. The van der Waals surface area contributed by atoms with Crippen molar-refractivity contribution < 1.29 is 26.1 Å². The number of alkyl halides is 3. The summed E-state index contributed by atoms with van der Waals surface area (Å²) < 4.78 is 70.6. The molecule has 21 heavy (non-hydrogen) atoms. The summed E-state index contributed by atoms with van der Waals surface area (Å²) >= 11 is 1.35. The van der Waals surface area contributed by atoms with Gasteiger partial charge in [-0.1, -0.05) is 0 Å². The van der Waals surface area contributed by atoms with E-state index in [1.165, 1.54) is 23.5 Å². The highest BCUT2D eigenvalue weighted by molar-refractivity contribution is 7.86. The Labute approximate surface area is 121 Å². The monoisotopic (exact) mass is 332 g/mol. The highest BCUT2D eigenvalue weighted by Crippen LogP contribution is 2.36. The third kappa shape index (κ3) is 2.50. The van der Waals surface area contributed by atoms with Crippen molar-refractivity contribution in [1.82, 2.24) is 0 Å². The standard InChI is InChI=1S/C13H7F3O3S2/c14-13(15,16)10-2-7-1-8-5-20-6-9(8)3-11(7)12(4-10)21(17,18)19/h1-6H,(H,17,18,19). The second-order valence-corrected chi connectivity index (χ2v) is 6.65. The zero-order chi connectivity index (χ0) is 15.4. The minimum absolute atomic E-state index is 0.0661. The Kier molecular flexibility index (Phi) is 3.01. The van der Waals surface area contributed by atoms with E-state index in [1.807, 2.05) is 0 Å². The molecule has 0 unspecified atom stereocenters. The summed E-state index contributed by atoms with van der Waals surface area (Å²) in [6.07, 6.45) is -4.70. The maximum Gasteiger partial charge on any atom is 0.416 e. The summed E-state index contributed by atoms with van der Waals surface area (Å²) in [6.45, 7) is 0. The molecule has 0 aliphatic carbocycles. The lowest BCUT2D eigenvalue weighted by Gasteiger charge is -2.11. The smallest absolute Gasteiger partial charge is 0.282 e. The fourth-order valence-corrected chi connectivity index (χ4v) is 3.67. The van der Waals surface area contributed by atoms with Crippen molar-refractivity contribution in [3.63, 3.8) is 0 Å². The van der Waals surface area contributed by atoms with Crippen LogP contribution in [0.3, 0.4) is 0 Å². The lowest BCUT2D eigenvalue weighted by molar-refractivity contribution is -0.137. The van der Waals surface area contributed by atoms with E-state index < -0.39 is 26.8 Å². The number of thiophene rings is 1. The van der Waals surface area contributed by atoms with Crippen LogP contribution < -0.4 is 0 Å². The lowest BCUT2D eigenvalue weighted by atomic mass is 10.0. The minimum atomic E-state index is -4.76. The molecule has 8 heteroatoms. The zero-order valence-electron chi connectivity index (χ0n) is 10.2. The van der Waals surface area contributed by atoms with Gasteiger partial charge < -0.3 is 0 Å². The van der Waals surface area contributed by atoms with Gasteiger partial charge in [-0.2, -0.15) is 32.9 Å². The van der Waals surface area contributed by atoms with Crippen molar-refractivity contribution in [2.45, 2.75) is 11.1 Å². The molecule has 0 fully saturated rings. The molecule has 0 saturated carbocycles. The van der Waals surface area contributed by atoms with Crippen LogP contribution in [0.2, 0.25) is 0 Å². The molecule has 0 atom stereocenters. The normalized spacial score (nSPS) is 13.1. The quantitative estimate of drug-likeness (QED) is 0.675. The fraction of sp³-hybridized carbons (Fsp3) is 0.0769. The van der Waals surface area contributed by atoms with E-state index in [2.05, 4.69) is 0 Å². The van der Waals surface area contributed by atoms with Crippen LogP contribution >= 0.6 is 11.3 Å². The van der Waals surface area contributed by atoms with Gasteiger partial charge in [0.05, 0.1) is 5.56 Å². The van der Waals surface area contributed by atoms with E-state index >= 15 is 0 Å². The molecule has 3 aromatic rings. The third-order valence-corrected chi connectivity index (χ3v) is 4.79. The Morgan fingerprint density at radius 1 is 0.952 bits per heavy atom. The first kappa shape index (κ1) is 14.3. The molecule has 0 saturated heterocycles. The number of hydrogen-bond acceptors (Lipinski definition) is 3. The summed E-state index contributed by atoms with van der Waals surface area (Å²) in [6, 6.07) is 4.27. The van der Waals surface area contributed by atoms with Crippen LogP contribution in [0.25, 0.3) is 21.5 Å². The van der Waals surface area contributed by atoms with Crippen LogP contribution in [0, 0.1) is 0 Å². The van der Waals surface area contributed by atoms with E-state index in [0.29, 0.717) is 16.8 Å². The number of benzene rings is 2. The second-order valence-electron chi connectivity index (χ2n) is 4.52. The molecular formula is C13H7F3O3S2. The highest BCUT2D eigenvalue weighted by atomic mass is 32.2. The van der Waals surface area contributed by atoms with Gasteiger partial charge in [0.15, 0.2) is 0 Å². The van der Waals surface area contributed by atoms with Crippen molar-refractivity contribution in [2.75, 3.05) is 0 Å². The molecule has 3 rings (SSSR count). The van der Waals surface area contributed by atoms with E-state index in [9.17, 15) is 26.1 Å². The number of rotatable bonds is 1. The molecule has 0 bridgehead atoms. The van der Waals surface area contributed by atoms with Crippen molar-refractivity contribution in [2.24, 2.45) is 0 Å². The molecule has 1 heterocycles. The summed E-state index contributed by atoms with van der Waals surface area (Å²) in [4.78, 5) is -0.736. The van der Waals surface area contributed by atoms with Gasteiger partial charge in [0.2, 0.25) is 0 Å². The maximum absolute atomic E-state index is 12.9. The SMILES string of the molecule is O=S(=O)(O)c1cc(C(F)(F)F)cc2cc3cscc3cc12. The maximum atomic E-state index is 12.9. The van der Waals surface area contributed by atoms with Gasteiger partial charge in [0.25, 0.3) is 10.1 Å². The largest absolute Gasteiger partial charge is 0.416 e. The van der Waals surface area contributed by atoms with Crippen molar-refractivity contribution in [3.8, 4) is 0 Å². The molecule has 0 spiro atoms. The van der Waals surface area contributed by atoms with E-state index in [1.54, 1.807) is 10.8 Å². The Hall–Kier alpha value is -1.64. The predicted octanol–water partition coefficient (Wildman–Crippen LogP) is 4.32. The highest BCUT2D eigenvalue weighted by Gasteiger charge is 2.32. The van der Waals surface area contributed by atoms with Gasteiger partial charge in [-0.15, -0.1) is 0 Å². The Morgan fingerprint density at radius 3 is 2.14 bits per heavy atom. The summed E-state index contributed by atoms with van der Waals surface area (Å²) in [5.41, 5.74) is -1.11. The first-order valence-electron chi connectivity index (χ1n) is 5.65. The molecule has 110 valence electrons. The molecule has 0 aliphatic rings. The first-order chi connectivity index (χ1) is 9.66. The first-order valence-corrected chi connectivity index (χ1v) is 8.03. The van der Waals surface area contributed by atoms with Gasteiger partial charge in [-0.3, -0.25) is 4.55 Å². The van der Waals surface area contributed by atoms with Crippen molar-refractivity contribution in [1.29, 1.82) is 0 Å². The van der Waals surface area contributed by atoms with Gasteiger partial charge in [-0.05, 0) is 51.2 Å². The average Bonchev–Trinajstić information content (AvgIpc) is 2.79. The summed E-state index contributed by atoms with van der Waals surface area (Å²) in [5.74, 6) is 0. The van der Waals surface area contributed by atoms with Crippen LogP contribution in [-0.2, 0) is 16.3 Å². The summed E-state index contributed by atoms with van der Waals surface area (Å²) in [5, 5.41) is 5.10. The molecule has 1 N–H and O–H groups in total. The topological polar surface area (TPSA) is 54.4 Å². The number of hydrogen-bond donors (Lipinski definition) is 1. The van der Waals surface area contributed by atoms with Gasteiger partial charge in [0.1, 0.15) is 4.90 Å². The lowest BCUT2D eigenvalue weighted by Crippen LogP contribution is -2.08. The molecule has 0 amide bonds. The minimum Gasteiger partial charge on any atom is -0.282 e. The number of halogens is 3. The Morgan fingerprint density at radius 2 is 1.57 bits per heavy atom. The van der Waals surface area contributed by atoms with Crippen LogP contribution in [0.1, 0.15) is 5.56 Å². The zero-order valence-corrected chi connectivity index (χ0v) is 11.8.